The lowest BCUT2D eigenvalue weighted by atomic mass is 10.1. The van der Waals surface area contributed by atoms with Crippen molar-refractivity contribution in [1.82, 2.24) is 15.4 Å². The van der Waals surface area contributed by atoms with Gasteiger partial charge >= 0.3 is 0 Å². The average molecular weight is 314 g/mol. The van der Waals surface area contributed by atoms with Crippen LogP contribution in [-0.4, -0.2) is 15.9 Å². The summed E-state index contributed by atoms with van der Waals surface area (Å²) < 4.78 is 0. The van der Waals surface area contributed by atoms with Gasteiger partial charge in [-0.15, -0.1) is 0 Å². The Kier molecular flexibility index (Phi) is 3.51. The van der Waals surface area contributed by atoms with Crippen molar-refractivity contribution >= 4 is 33.4 Å². The zero-order valence-corrected chi connectivity index (χ0v) is 12.7. The second-order valence-electron chi connectivity index (χ2n) is 5.34. The molecule has 2 aromatic carbocycles. The van der Waals surface area contributed by atoms with Crippen molar-refractivity contribution in [2.75, 3.05) is 5.43 Å². The number of hydrogen-bond acceptors (Lipinski definition) is 4. The van der Waals surface area contributed by atoms with Gasteiger partial charge in [-0.1, -0.05) is 36.4 Å². The van der Waals surface area contributed by atoms with E-state index in [9.17, 15) is 4.79 Å². The first-order chi connectivity index (χ1) is 11.8. The van der Waals surface area contributed by atoms with Crippen LogP contribution in [0.15, 0.2) is 73.1 Å². The summed E-state index contributed by atoms with van der Waals surface area (Å²) in [5, 5.41) is 1.90. The lowest BCUT2D eigenvalue weighted by molar-refractivity contribution is 0.0962. The van der Waals surface area contributed by atoms with Crippen LogP contribution in [0.3, 0.4) is 0 Å². The number of amides is 1. The maximum Gasteiger partial charge on any atom is 0.269 e. The Morgan fingerprint density at radius 3 is 2.00 bits per heavy atom. The second-order valence-corrected chi connectivity index (χ2v) is 5.34. The normalized spacial score (nSPS) is 10.7. The van der Waals surface area contributed by atoms with E-state index in [2.05, 4.69) is 20.8 Å². The van der Waals surface area contributed by atoms with Gasteiger partial charge in [0, 0.05) is 28.7 Å². The van der Waals surface area contributed by atoms with E-state index >= 15 is 0 Å². The van der Waals surface area contributed by atoms with Gasteiger partial charge in [0.15, 0.2) is 0 Å². The molecule has 0 saturated heterocycles. The number of hydrazine groups is 1. The van der Waals surface area contributed by atoms with Crippen LogP contribution in [0, 0.1) is 0 Å². The van der Waals surface area contributed by atoms with E-state index in [-0.39, 0.29) is 5.91 Å². The predicted molar refractivity (Wildman–Crippen MR) is 94.6 cm³/mol. The number of aromatic nitrogens is 2. The number of fused-ring (bicyclic) bond motifs is 2. The van der Waals surface area contributed by atoms with Crippen molar-refractivity contribution < 1.29 is 4.79 Å². The number of nitrogens with one attached hydrogen (secondary N) is 2. The zero-order chi connectivity index (χ0) is 16.4. The van der Waals surface area contributed by atoms with E-state index in [0.717, 1.165) is 27.5 Å². The number of hydrogen-bond donors (Lipinski definition) is 2. The Morgan fingerprint density at radius 1 is 0.792 bits per heavy atom. The molecule has 4 rings (SSSR count). The van der Waals surface area contributed by atoms with E-state index in [0.29, 0.717) is 5.56 Å². The Bertz CT molecular complexity index is 977. The van der Waals surface area contributed by atoms with Crippen molar-refractivity contribution in [3.8, 4) is 0 Å². The maximum atomic E-state index is 12.3. The van der Waals surface area contributed by atoms with Crippen molar-refractivity contribution in [2.24, 2.45) is 0 Å². The summed E-state index contributed by atoms with van der Waals surface area (Å²) >= 11 is 0. The second kappa shape index (κ2) is 5.96. The minimum Gasteiger partial charge on any atom is -0.297 e. The number of pyridine rings is 2. The van der Waals surface area contributed by atoms with Gasteiger partial charge in [0.2, 0.25) is 0 Å². The summed E-state index contributed by atoms with van der Waals surface area (Å²) in [6.45, 7) is 0. The fraction of sp³-hybridized carbons (Fsp3) is 0. The van der Waals surface area contributed by atoms with Gasteiger partial charge in [0.1, 0.15) is 0 Å². The number of nitrogens with zero attached hydrogens (tertiary/aromatic N) is 2. The topological polar surface area (TPSA) is 66.9 Å². The molecule has 0 radical (unpaired) electrons. The lowest BCUT2D eigenvalue weighted by Crippen LogP contribution is -2.29. The summed E-state index contributed by atoms with van der Waals surface area (Å²) in [5.41, 5.74) is 8.94. The highest BCUT2D eigenvalue weighted by molar-refractivity contribution is 6.08. The monoisotopic (exact) mass is 314 g/mol. The van der Waals surface area contributed by atoms with Gasteiger partial charge in [0.05, 0.1) is 16.7 Å². The van der Waals surface area contributed by atoms with Crippen LogP contribution in [-0.2, 0) is 0 Å². The fourth-order valence-corrected chi connectivity index (χ4v) is 2.67. The molecule has 0 unspecified atom stereocenters. The molecule has 1 amide bonds. The van der Waals surface area contributed by atoms with Crippen molar-refractivity contribution in [3.05, 3.63) is 78.6 Å². The van der Waals surface area contributed by atoms with Crippen molar-refractivity contribution in [1.29, 1.82) is 0 Å². The van der Waals surface area contributed by atoms with Gasteiger partial charge in [-0.25, -0.2) is 4.98 Å². The van der Waals surface area contributed by atoms with Crippen LogP contribution in [0.2, 0.25) is 0 Å². The molecule has 0 atom stereocenters. The van der Waals surface area contributed by atoms with E-state index < -0.39 is 0 Å². The van der Waals surface area contributed by atoms with Gasteiger partial charge in [-0.3, -0.25) is 20.6 Å². The molecule has 0 bridgehead atoms. The molecule has 2 N–H and O–H groups in total. The molecule has 0 spiro atoms. The Morgan fingerprint density at radius 2 is 1.38 bits per heavy atom. The number of para-hydroxylation sites is 2. The third-order valence-corrected chi connectivity index (χ3v) is 3.83. The van der Waals surface area contributed by atoms with Crippen LogP contribution >= 0.6 is 0 Å². The highest BCUT2D eigenvalue weighted by atomic mass is 16.2. The van der Waals surface area contributed by atoms with E-state index in [1.165, 1.54) is 0 Å². The molecular formula is C19H14N4O. The molecule has 0 aliphatic heterocycles. The van der Waals surface area contributed by atoms with Crippen molar-refractivity contribution in [3.63, 3.8) is 0 Å². The van der Waals surface area contributed by atoms with Crippen LogP contribution in [0.5, 0.6) is 0 Å². The predicted octanol–water partition coefficient (Wildman–Crippen LogP) is 3.54. The molecule has 2 aromatic heterocycles. The summed E-state index contributed by atoms with van der Waals surface area (Å²) in [7, 11) is 0. The van der Waals surface area contributed by atoms with E-state index in [4.69, 9.17) is 0 Å². The number of anilines is 1. The summed E-state index contributed by atoms with van der Waals surface area (Å²) in [5.74, 6) is -0.220. The molecule has 0 aliphatic rings. The van der Waals surface area contributed by atoms with Gasteiger partial charge in [0.25, 0.3) is 5.91 Å². The van der Waals surface area contributed by atoms with E-state index in [1.54, 1.807) is 24.5 Å². The van der Waals surface area contributed by atoms with Gasteiger partial charge in [-0.2, -0.15) is 0 Å². The number of benzene rings is 2. The quantitative estimate of drug-likeness (QED) is 0.448. The first-order valence-electron chi connectivity index (χ1n) is 7.57. The Labute approximate surface area is 138 Å². The Hall–Kier alpha value is -3.47. The smallest absolute Gasteiger partial charge is 0.269 e. The fourth-order valence-electron chi connectivity index (χ4n) is 2.67. The van der Waals surface area contributed by atoms with Crippen LogP contribution in [0.4, 0.5) is 5.69 Å². The largest absolute Gasteiger partial charge is 0.297 e. The van der Waals surface area contributed by atoms with Gasteiger partial charge < -0.3 is 0 Å². The first kappa shape index (κ1) is 14.1. The molecule has 5 nitrogen and oxygen atoms in total. The molecule has 4 aromatic rings. The summed E-state index contributed by atoms with van der Waals surface area (Å²) in [4.78, 5) is 20.9. The third kappa shape index (κ3) is 2.52. The molecule has 0 fully saturated rings. The lowest BCUT2D eigenvalue weighted by Gasteiger charge is -2.14. The SMILES string of the molecule is O=C(NNc1c2ccccc2nc2ccccc12)c1ccncc1. The maximum absolute atomic E-state index is 12.3. The molecule has 0 aliphatic carbocycles. The zero-order valence-electron chi connectivity index (χ0n) is 12.7. The molecule has 24 heavy (non-hydrogen) atoms. The third-order valence-electron chi connectivity index (χ3n) is 3.83. The molecular weight excluding hydrogens is 300 g/mol. The standard InChI is InChI=1S/C19H14N4O/c24-19(13-9-11-20-12-10-13)23-22-18-14-5-1-3-7-16(14)21-17-8-4-2-6-15(17)18/h1-12H,(H,21,22)(H,23,24). The molecule has 0 saturated carbocycles. The highest BCUT2D eigenvalue weighted by Crippen LogP contribution is 2.29. The average Bonchev–Trinajstić information content (AvgIpc) is 2.65. The van der Waals surface area contributed by atoms with Gasteiger partial charge in [-0.05, 0) is 24.3 Å². The minimum atomic E-state index is -0.220. The minimum absolute atomic E-state index is 0.220. The molecule has 2 heterocycles. The van der Waals surface area contributed by atoms with Crippen LogP contribution in [0.1, 0.15) is 10.4 Å². The van der Waals surface area contributed by atoms with Crippen molar-refractivity contribution in [2.45, 2.75) is 0 Å². The van der Waals surface area contributed by atoms with E-state index in [1.807, 2.05) is 48.5 Å². The van der Waals surface area contributed by atoms with Crippen LogP contribution < -0.4 is 10.9 Å². The Balaban J connectivity index is 1.75. The number of carbonyl (C=O) groups is 1. The summed E-state index contributed by atoms with van der Waals surface area (Å²) in [6.07, 6.45) is 3.18. The van der Waals surface area contributed by atoms with Crippen LogP contribution in [0.25, 0.3) is 21.8 Å². The summed E-state index contributed by atoms with van der Waals surface area (Å²) in [6, 6.07) is 19.0. The first-order valence-corrected chi connectivity index (χ1v) is 7.57. The highest BCUT2D eigenvalue weighted by Gasteiger charge is 2.10. The number of rotatable bonds is 3. The molecule has 5 heteroatoms. The molecule has 116 valence electrons. The number of carbonyl (C=O) groups excluding carboxylic acids is 1.